The van der Waals surface area contributed by atoms with Crippen molar-refractivity contribution in [3.05, 3.63) is 24.0 Å². The predicted octanol–water partition coefficient (Wildman–Crippen LogP) is 1.38. The van der Waals surface area contributed by atoms with Crippen LogP contribution in [0.3, 0.4) is 0 Å². The number of halogens is 1. The smallest absolute Gasteiger partial charge is 0.150 e. The maximum atomic E-state index is 13.3. The number of hydrogen-bond donors (Lipinski definition) is 2. The Labute approximate surface area is 81.5 Å². The van der Waals surface area contributed by atoms with Crippen LogP contribution in [0.2, 0.25) is 0 Å². The molecular weight excluding hydrogens is 185 g/mol. The van der Waals surface area contributed by atoms with Crippen LogP contribution in [0.25, 0.3) is 0 Å². The number of ether oxygens (including phenoxy) is 1. The van der Waals surface area contributed by atoms with Gasteiger partial charge in [0, 0.05) is 6.61 Å². The molecule has 1 aromatic carbocycles. The minimum absolute atomic E-state index is 0.00981. The number of aliphatic hydroxyl groups excluding tert-OH is 1. The highest BCUT2D eigenvalue weighted by molar-refractivity contribution is 5.59. The largest absolute Gasteiger partial charge is 0.489 e. The highest BCUT2D eigenvalue weighted by Crippen LogP contribution is 2.31. The van der Waals surface area contributed by atoms with Gasteiger partial charge in [0.15, 0.2) is 0 Å². The fourth-order valence-corrected chi connectivity index (χ4v) is 1.51. The van der Waals surface area contributed by atoms with Gasteiger partial charge in [0.2, 0.25) is 0 Å². The van der Waals surface area contributed by atoms with Crippen molar-refractivity contribution in [2.24, 2.45) is 0 Å². The average Bonchev–Trinajstić information content (AvgIpc) is 2.20. The van der Waals surface area contributed by atoms with Gasteiger partial charge in [-0.05, 0) is 18.6 Å². The van der Waals surface area contributed by atoms with Crippen molar-refractivity contribution in [3.63, 3.8) is 0 Å². The van der Waals surface area contributed by atoms with E-state index >= 15 is 0 Å². The number of aliphatic hydroxyl groups is 1. The monoisotopic (exact) mass is 197 g/mol. The molecule has 0 aromatic heterocycles. The van der Waals surface area contributed by atoms with Crippen LogP contribution in [0.5, 0.6) is 5.75 Å². The summed E-state index contributed by atoms with van der Waals surface area (Å²) in [4.78, 5) is 0. The first-order valence-electron chi connectivity index (χ1n) is 4.60. The predicted molar refractivity (Wildman–Crippen MR) is 51.0 cm³/mol. The van der Waals surface area contributed by atoms with E-state index in [1.165, 1.54) is 6.07 Å². The zero-order valence-corrected chi connectivity index (χ0v) is 7.66. The van der Waals surface area contributed by atoms with Gasteiger partial charge in [-0.1, -0.05) is 6.07 Å². The molecule has 2 rings (SSSR count). The van der Waals surface area contributed by atoms with E-state index in [-0.39, 0.29) is 18.5 Å². The first-order valence-corrected chi connectivity index (χ1v) is 4.60. The van der Waals surface area contributed by atoms with Crippen LogP contribution < -0.4 is 10.1 Å². The van der Waals surface area contributed by atoms with Crippen LogP contribution in [-0.4, -0.2) is 24.4 Å². The fraction of sp³-hybridized carbons (Fsp3) is 0.400. The van der Waals surface area contributed by atoms with Crippen LogP contribution in [0.15, 0.2) is 18.2 Å². The van der Waals surface area contributed by atoms with E-state index in [4.69, 9.17) is 9.84 Å². The third-order valence-corrected chi connectivity index (χ3v) is 2.24. The van der Waals surface area contributed by atoms with Gasteiger partial charge in [0.05, 0.1) is 6.04 Å². The van der Waals surface area contributed by atoms with Gasteiger partial charge >= 0.3 is 0 Å². The number of nitrogens with one attached hydrogen (secondary N) is 1. The van der Waals surface area contributed by atoms with Crippen molar-refractivity contribution in [2.75, 3.05) is 18.5 Å². The summed E-state index contributed by atoms with van der Waals surface area (Å²) in [7, 11) is 0. The van der Waals surface area contributed by atoms with Gasteiger partial charge in [-0.25, -0.2) is 4.39 Å². The summed E-state index contributed by atoms with van der Waals surface area (Å²) in [6.45, 7) is 0.543. The maximum Gasteiger partial charge on any atom is 0.150 e. The summed E-state index contributed by atoms with van der Waals surface area (Å²) in [5.74, 6) is 0.226. The summed E-state index contributed by atoms with van der Waals surface area (Å²) in [5.41, 5.74) is 0.400. The van der Waals surface area contributed by atoms with Crippen molar-refractivity contribution in [3.8, 4) is 5.75 Å². The number of para-hydroxylation sites is 1. The first kappa shape index (κ1) is 9.27. The number of hydrogen-bond acceptors (Lipinski definition) is 3. The van der Waals surface area contributed by atoms with E-state index in [2.05, 4.69) is 5.32 Å². The Kier molecular flexibility index (Phi) is 2.54. The van der Waals surface area contributed by atoms with Gasteiger partial charge in [0.1, 0.15) is 23.9 Å². The lowest BCUT2D eigenvalue weighted by atomic mass is 10.1. The second kappa shape index (κ2) is 3.84. The molecule has 1 atom stereocenters. The molecule has 0 bridgehead atoms. The number of rotatable bonds is 2. The van der Waals surface area contributed by atoms with Crippen LogP contribution in [-0.2, 0) is 0 Å². The Bertz CT molecular complexity index is 330. The lowest BCUT2D eigenvalue weighted by Gasteiger charge is -2.27. The van der Waals surface area contributed by atoms with Crippen molar-refractivity contribution < 1.29 is 14.2 Å². The normalized spacial score (nSPS) is 19.4. The standard InChI is InChI=1S/C10H12FNO2/c11-8-2-1-3-9-10(8)12-7(4-5-13)6-14-9/h1-3,7,12-13H,4-6H2. The van der Waals surface area contributed by atoms with Crippen molar-refractivity contribution in [2.45, 2.75) is 12.5 Å². The Morgan fingerprint density at radius 1 is 1.57 bits per heavy atom. The third-order valence-electron chi connectivity index (χ3n) is 2.24. The van der Waals surface area contributed by atoms with Gasteiger partial charge in [-0.3, -0.25) is 0 Å². The second-order valence-electron chi connectivity index (χ2n) is 3.28. The van der Waals surface area contributed by atoms with E-state index in [9.17, 15) is 4.39 Å². The lowest BCUT2D eigenvalue weighted by Crippen LogP contribution is -2.32. The van der Waals surface area contributed by atoms with Gasteiger partial charge in [-0.15, -0.1) is 0 Å². The molecule has 1 heterocycles. The van der Waals surface area contributed by atoms with Crippen molar-refractivity contribution in [1.29, 1.82) is 0 Å². The molecule has 0 saturated carbocycles. The van der Waals surface area contributed by atoms with E-state index in [1.807, 2.05) is 0 Å². The molecule has 2 N–H and O–H groups in total. The molecule has 1 aliphatic heterocycles. The van der Waals surface area contributed by atoms with Gasteiger partial charge in [0.25, 0.3) is 0 Å². The van der Waals surface area contributed by atoms with E-state index in [0.29, 0.717) is 24.5 Å². The van der Waals surface area contributed by atoms with Crippen LogP contribution in [0.1, 0.15) is 6.42 Å². The molecular formula is C10H12FNO2. The molecule has 4 heteroatoms. The Morgan fingerprint density at radius 3 is 3.21 bits per heavy atom. The highest BCUT2D eigenvalue weighted by atomic mass is 19.1. The lowest BCUT2D eigenvalue weighted by molar-refractivity contribution is 0.232. The summed E-state index contributed by atoms with van der Waals surface area (Å²) in [6, 6.07) is 4.71. The number of fused-ring (bicyclic) bond motifs is 1. The Balaban J connectivity index is 2.20. The minimum atomic E-state index is -0.315. The molecule has 1 unspecified atom stereocenters. The quantitative estimate of drug-likeness (QED) is 0.752. The molecule has 0 fully saturated rings. The zero-order valence-electron chi connectivity index (χ0n) is 7.66. The Hall–Kier alpha value is -1.29. The van der Waals surface area contributed by atoms with E-state index in [1.54, 1.807) is 12.1 Å². The number of anilines is 1. The Morgan fingerprint density at radius 2 is 2.43 bits per heavy atom. The second-order valence-corrected chi connectivity index (χ2v) is 3.28. The zero-order chi connectivity index (χ0) is 9.97. The molecule has 0 aliphatic carbocycles. The van der Waals surface area contributed by atoms with Crippen LogP contribution >= 0.6 is 0 Å². The summed E-state index contributed by atoms with van der Waals surface area (Å²) in [5, 5.41) is 11.8. The third kappa shape index (κ3) is 1.65. The minimum Gasteiger partial charge on any atom is -0.489 e. The molecule has 0 amide bonds. The summed E-state index contributed by atoms with van der Waals surface area (Å²) >= 11 is 0. The van der Waals surface area contributed by atoms with Crippen molar-refractivity contribution in [1.82, 2.24) is 0 Å². The maximum absolute atomic E-state index is 13.3. The topological polar surface area (TPSA) is 41.5 Å². The molecule has 0 saturated heterocycles. The number of benzene rings is 1. The van der Waals surface area contributed by atoms with E-state index in [0.717, 1.165) is 0 Å². The summed E-state index contributed by atoms with van der Waals surface area (Å²) in [6.07, 6.45) is 0.563. The van der Waals surface area contributed by atoms with Gasteiger partial charge < -0.3 is 15.2 Å². The molecule has 1 aliphatic rings. The molecule has 76 valence electrons. The van der Waals surface area contributed by atoms with Crippen LogP contribution in [0, 0.1) is 5.82 Å². The fourth-order valence-electron chi connectivity index (χ4n) is 1.51. The molecule has 1 aromatic rings. The van der Waals surface area contributed by atoms with E-state index < -0.39 is 0 Å². The first-order chi connectivity index (χ1) is 6.81. The van der Waals surface area contributed by atoms with Crippen molar-refractivity contribution >= 4 is 5.69 Å². The summed E-state index contributed by atoms with van der Waals surface area (Å²) < 4.78 is 18.6. The molecule has 0 spiro atoms. The van der Waals surface area contributed by atoms with Crippen LogP contribution in [0.4, 0.5) is 10.1 Å². The SMILES string of the molecule is OCCC1COc2cccc(F)c2N1. The molecule has 0 radical (unpaired) electrons. The molecule has 14 heavy (non-hydrogen) atoms. The molecule has 3 nitrogen and oxygen atoms in total. The average molecular weight is 197 g/mol. The van der Waals surface area contributed by atoms with Gasteiger partial charge in [-0.2, -0.15) is 0 Å². The highest BCUT2D eigenvalue weighted by Gasteiger charge is 2.20.